The third kappa shape index (κ3) is 3.68. The number of aryl methyl sites for hydroxylation is 1. The first-order valence-corrected chi connectivity index (χ1v) is 6.22. The molecule has 1 amide bonds. The molecule has 0 unspecified atom stereocenters. The molecule has 0 bridgehead atoms. The molecule has 20 heavy (non-hydrogen) atoms. The zero-order valence-electron chi connectivity index (χ0n) is 11.1. The fourth-order valence-corrected chi connectivity index (χ4v) is 1.69. The lowest BCUT2D eigenvalue weighted by Gasteiger charge is -2.09. The van der Waals surface area contributed by atoms with E-state index < -0.39 is 0 Å². The highest BCUT2D eigenvalue weighted by molar-refractivity contribution is 5.92. The summed E-state index contributed by atoms with van der Waals surface area (Å²) in [6.07, 6.45) is 0.759. The normalized spacial score (nSPS) is 9.85. The van der Waals surface area contributed by atoms with E-state index in [-0.39, 0.29) is 12.5 Å². The molecule has 0 spiro atoms. The van der Waals surface area contributed by atoms with Crippen molar-refractivity contribution < 1.29 is 14.3 Å². The van der Waals surface area contributed by atoms with Crippen LogP contribution in [0.2, 0.25) is 0 Å². The van der Waals surface area contributed by atoms with Gasteiger partial charge < -0.3 is 10.1 Å². The van der Waals surface area contributed by atoms with Crippen LogP contribution in [-0.4, -0.2) is 18.8 Å². The van der Waals surface area contributed by atoms with Crippen molar-refractivity contribution in [2.45, 2.75) is 6.92 Å². The first kappa shape index (κ1) is 13.8. The summed E-state index contributed by atoms with van der Waals surface area (Å²) in [5.41, 5.74) is 2.34. The van der Waals surface area contributed by atoms with Crippen molar-refractivity contribution in [2.24, 2.45) is 0 Å². The van der Waals surface area contributed by atoms with Crippen molar-refractivity contribution in [1.82, 2.24) is 0 Å². The van der Waals surface area contributed by atoms with Crippen LogP contribution in [0.15, 0.2) is 48.5 Å². The van der Waals surface area contributed by atoms with Crippen molar-refractivity contribution in [1.29, 1.82) is 0 Å². The van der Waals surface area contributed by atoms with Gasteiger partial charge in [-0.1, -0.05) is 18.2 Å². The van der Waals surface area contributed by atoms with Gasteiger partial charge in [-0.2, -0.15) is 0 Å². The van der Waals surface area contributed by atoms with Gasteiger partial charge in [0.2, 0.25) is 0 Å². The summed E-state index contributed by atoms with van der Waals surface area (Å²) < 4.78 is 5.35. The van der Waals surface area contributed by atoms with Crippen LogP contribution >= 0.6 is 0 Å². The van der Waals surface area contributed by atoms with Crippen LogP contribution in [0.5, 0.6) is 5.75 Å². The minimum absolute atomic E-state index is 0.0746. The second-order valence-electron chi connectivity index (χ2n) is 4.34. The second kappa shape index (κ2) is 6.52. The first-order chi connectivity index (χ1) is 9.69. The van der Waals surface area contributed by atoms with Crippen LogP contribution in [0.3, 0.4) is 0 Å². The summed E-state index contributed by atoms with van der Waals surface area (Å²) in [6.45, 7) is 1.85. The Bertz CT molecular complexity index is 605. The fraction of sp³-hybridized carbons (Fsp3) is 0.125. The minimum atomic E-state index is -0.223. The van der Waals surface area contributed by atoms with Gasteiger partial charge in [-0.05, 0) is 42.8 Å². The molecule has 0 radical (unpaired) electrons. The van der Waals surface area contributed by atoms with E-state index >= 15 is 0 Å². The second-order valence-corrected chi connectivity index (χ2v) is 4.34. The number of para-hydroxylation sites is 1. The predicted octanol–water partition coefficient (Wildman–Crippen LogP) is 2.83. The Morgan fingerprint density at radius 3 is 2.50 bits per heavy atom. The number of benzene rings is 2. The Kier molecular flexibility index (Phi) is 4.50. The summed E-state index contributed by atoms with van der Waals surface area (Å²) in [5.74, 6) is 0.328. The Morgan fingerprint density at radius 1 is 1.15 bits per heavy atom. The Morgan fingerprint density at radius 2 is 1.85 bits per heavy atom. The average molecular weight is 269 g/mol. The quantitative estimate of drug-likeness (QED) is 0.849. The average Bonchev–Trinajstić information content (AvgIpc) is 2.48. The molecule has 102 valence electrons. The summed E-state index contributed by atoms with van der Waals surface area (Å²) in [5, 5.41) is 2.78. The van der Waals surface area contributed by atoms with Gasteiger partial charge in [-0.25, -0.2) is 0 Å². The number of ether oxygens (including phenoxy) is 1. The maximum atomic E-state index is 11.8. The van der Waals surface area contributed by atoms with Crippen LogP contribution in [0.25, 0.3) is 0 Å². The van der Waals surface area contributed by atoms with Gasteiger partial charge in [0.25, 0.3) is 5.91 Å². The molecule has 0 aliphatic carbocycles. The molecular weight excluding hydrogens is 254 g/mol. The van der Waals surface area contributed by atoms with Gasteiger partial charge in [0.15, 0.2) is 6.61 Å². The van der Waals surface area contributed by atoms with Gasteiger partial charge in [0.05, 0.1) is 0 Å². The molecule has 0 atom stereocenters. The standard InChI is InChI=1S/C16H15NO3/c1-12-4-2-3-5-15(12)17-16(19)11-20-14-8-6-13(10-18)7-9-14/h2-10H,11H2,1H3,(H,17,19). The molecule has 4 nitrogen and oxygen atoms in total. The van der Waals surface area contributed by atoms with Gasteiger partial charge in [-0.3, -0.25) is 9.59 Å². The van der Waals surface area contributed by atoms with E-state index in [2.05, 4.69) is 5.32 Å². The minimum Gasteiger partial charge on any atom is -0.484 e. The third-order valence-electron chi connectivity index (χ3n) is 2.81. The largest absolute Gasteiger partial charge is 0.484 e. The molecule has 0 saturated carbocycles. The van der Waals surface area contributed by atoms with Crippen LogP contribution < -0.4 is 10.1 Å². The number of hydrogen-bond acceptors (Lipinski definition) is 3. The molecule has 2 aromatic carbocycles. The molecule has 0 saturated heterocycles. The fourth-order valence-electron chi connectivity index (χ4n) is 1.69. The predicted molar refractivity (Wildman–Crippen MR) is 77.1 cm³/mol. The van der Waals surface area contributed by atoms with E-state index in [1.807, 2.05) is 31.2 Å². The smallest absolute Gasteiger partial charge is 0.262 e. The lowest BCUT2D eigenvalue weighted by Crippen LogP contribution is -2.20. The van der Waals surface area contributed by atoms with Crippen LogP contribution in [0, 0.1) is 6.92 Å². The molecule has 4 heteroatoms. The third-order valence-corrected chi connectivity index (χ3v) is 2.81. The molecule has 1 N–H and O–H groups in total. The maximum Gasteiger partial charge on any atom is 0.262 e. The van der Waals surface area contributed by atoms with Gasteiger partial charge in [0.1, 0.15) is 12.0 Å². The highest BCUT2D eigenvalue weighted by Gasteiger charge is 2.05. The van der Waals surface area contributed by atoms with E-state index in [9.17, 15) is 9.59 Å². The van der Waals surface area contributed by atoms with Crippen molar-refractivity contribution in [3.8, 4) is 5.75 Å². The Hall–Kier alpha value is -2.62. The highest BCUT2D eigenvalue weighted by atomic mass is 16.5. The lowest BCUT2D eigenvalue weighted by molar-refractivity contribution is -0.118. The SMILES string of the molecule is Cc1ccccc1NC(=O)COc1ccc(C=O)cc1. The monoisotopic (exact) mass is 269 g/mol. The van der Waals surface area contributed by atoms with Crippen LogP contribution in [0.4, 0.5) is 5.69 Å². The van der Waals surface area contributed by atoms with Crippen molar-refractivity contribution in [3.05, 3.63) is 59.7 Å². The maximum absolute atomic E-state index is 11.8. The summed E-state index contributed by atoms with van der Waals surface area (Å²) in [4.78, 5) is 22.3. The van der Waals surface area contributed by atoms with E-state index in [0.29, 0.717) is 11.3 Å². The molecule has 2 rings (SSSR count). The Labute approximate surface area is 117 Å². The number of carbonyl (C=O) groups is 2. The van der Waals surface area contributed by atoms with Gasteiger partial charge in [-0.15, -0.1) is 0 Å². The van der Waals surface area contributed by atoms with Crippen LogP contribution in [-0.2, 0) is 4.79 Å². The van der Waals surface area contributed by atoms with E-state index in [1.54, 1.807) is 24.3 Å². The molecule has 0 heterocycles. The zero-order chi connectivity index (χ0) is 14.4. The molecular formula is C16H15NO3. The number of hydrogen-bond donors (Lipinski definition) is 1. The number of carbonyl (C=O) groups excluding carboxylic acids is 2. The summed E-state index contributed by atoms with van der Waals surface area (Å²) in [6, 6.07) is 14.1. The van der Waals surface area contributed by atoms with Crippen molar-refractivity contribution in [2.75, 3.05) is 11.9 Å². The molecule has 0 aromatic heterocycles. The Balaban J connectivity index is 1.88. The zero-order valence-corrected chi connectivity index (χ0v) is 11.1. The number of rotatable bonds is 5. The van der Waals surface area contributed by atoms with Crippen molar-refractivity contribution >= 4 is 17.9 Å². The van der Waals surface area contributed by atoms with E-state index in [1.165, 1.54) is 0 Å². The topological polar surface area (TPSA) is 55.4 Å². The molecule has 0 fully saturated rings. The molecule has 0 aliphatic rings. The summed E-state index contributed by atoms with van der Waals surface area (Å²) >= 11 is 0. The van der Waals surface area contributed by atoms with Gasteiger partial charge >= 0.3 is 0 Å². The summed E-state index contributed by atoms with van der Waals surface area (Å²) in [7, 11) is 0. The number of aldehydes is 1. The molecule has 2 aromatic rings. The number of anilines is 1. The van der Waals surface area contributed by atoms with E-state index in [0.717, 1.165) is 17.5 Å². The van der Waals surface area contributed by atoms with Crippen molar-refractivity contribution in [3.63, 3.8) is 0 Å². The van der Waals surface area contributed by atoms with Gasteiger partial charge in [0, 0.05) is 11.3 Å². The molecule has 0 aliphatic heterocycles. The number of amides is 1. The first-order valence-electron chi connectivity index (χ1n) is 6.22. The highest BCUT2D eigenvalue weighted by Crippen LogP contribution is 2.14. The van der Waals surface area contributed by atoms with E-state index in [4.69, 9.17) is 4.74 Å². The van der Waals surface area contributed by atoms with Crippen LogP contribution in [0.1, 0.15) is 15.9 Å². The number of nitrogens with one attached hydrogen (secondary N) is 1. The lowest BCUT2D eigenvalue weighted by atomic mass is 10.2.